The number of aromatic amines is 1. The number of hydrogen-bond acceptors (Lipinski definition) is 5. The minimum absolute atomic E-state index is 0.104. The summed E-state index contributed by atoms with van der Waals surface area (Å²) in [5.41, 5.74) is 1.90. The van der Waals surface area contributed by atoms with E-state index in [1.807, 2.05) is 18.2 Å². The van der Waals surface area contributed by atoms with Crippen molar-refractivity contribution in [1.29, 1.82) is 0 Å². The smallest absolute Gasteiger partial charge is 0.274 e. The first-order valence-electron chi connectivity index (χ1n) is 6.66. The molecule has 2 N–H and O–H groups in total. The van der Waals surface area contributed by atoms with Gasteiger partial charge < -0.3 is 14.8 Å². The lowest BCUT2D eigenvalue weighted by Crippen LogP contribution is -2.43. The molecule has 1 aliphatic rings. The van der Waals surface area contributed by atoms with Crippen molar-refractivity contribution in [3.63, 3.8) is 0 Å². The fourth-order valence-electron chi connectivity index (χ4n) is 2.40. The number of amides is 1. The minimum atomic E-state index is -0.249. The molecule has 1 aromatic carbocycles. The number of nitrogens with zero attached hydrogens (tertiary/aromatic N) is 2. The number of fused-ring (bicyclic) bond motifs is 1. The molecule has 0 unspecified atom stereocenters. The summed E-state index contributed by atoms with van der Waals surface area (Å²) >= 11 is 0. The predicted octanol–water partition coefficient (Wildman–Crippen LogP) is 0.855. The van der Waals surface area contributed by atoms with Gasteiger partial charge in [-0.25, -0.2) is 0 Å². The zero-order valence-corrected chi connectivity index (χ0v) is 11.8. The van der Waals surface area contributed by atoms with Gasteiger partial charge in [0, 0.05) is 5.56 Å². The normalized spacial score (nSPS) is 16.8. The first kappa shape index (κ1) is 13.4. The Kier molecular flexibility index (Phi) is 3.47. The molecule has 0 bridgehead atoms. The second-order valence-electron chi connectivity index (χ2n) is 4.89. The van der Waals surface area contributed by atoms with Crippen LogP contribution < -0.4 is 14.8 Å². The minimum Gasteiger partial charge on any atom is -0.493 e. The zero-order valence-electron chi connectivity index (χ0n) is 11.8. The Hall–Kier alpha value is -2.57. The molecule has 1 aromatic heterocycles. The molecule has 7 heteroatoms. The second-order valence-corrected chi connectivity index (χ2v) is 4.89. The summed E-state index contributed by atoms with van der Waals surface area (Å²) in [6.07, 6.45) is 0.690. The summed E-state index contributed by atoms with van der Waals surface area (Å²) in [4.78, 5) is 12.1. The number of carbonyl (C=O) groups excluding carboxylic acids is 1. The average Bonchev–Trinajstić information content (AvgIpc) is 2.92. The first-order valence-corrected chi connectivity index (χ1v) is 6.66. The Labute approximate surface area is 121 Å². The predicted molar refractivity (Wildman–Crippen MR) is 74.6 cm³/mol. The molecule has 0 saturated carbocycles. The third kappa shape index (κ3) is 2.54. The molecule has 0 radical (unpaired) electrons. The van der Waals surface area contributed by atoms with Crippen molar-refractivity contribution in [2.75, 3.05) is 13.7 Å². The van der Waals surface area contributed by atoms with Gasteiger partial charge in [-0.2, -0.15) is 15.4 Å². The highest BCUT2D eigenvalue weighted by molar-refractivity contribution is 5.93. The van der Waals surface area contributed by atoms with E-state index in [-0.39, 0.29) is 11.9 Å². The van der Waals surface area contributed by atoms with Crippen molar-refractivity contribution >= 4 is 5.91 Å². The summed E-state index contributed by atoms with van der Waals surface area (Å²) < 4.78 is 11.0. The number of carbonyl (C=O) groups is 1. The van der Waals surface area contributed by atoms with Crippen molar-refractivity contribution in [3.8, 4) is 11.5 Å². The second kappa shape index (κ2) is 5.43. The SMILES string of the molecule is COc1cccc2c1OC[C@@H](NC(=O)c1n[nH]nc1C)C2. The van der Waals surface area contributed by atoms with Gasteiger partial charge in [-0.15, -0.1) is 0 Å². The molecule has 3 rings (SSSR count). The number of benzene rings is 1. The van der Waals surface area contributed by atoms with Crippen LogP contribution in [0.3, 0.4) is 0 Å². The maximum Gasteiger partial charge on any atom is 0.274 e. The Morgan fingerprint density at radius 2 is 2.33 bits per heavy atom. The Morgan fingerprint density at radius 3 is 3.05 bits per heavy atom. The molecule has 2 heterocycles. The largest absolute Gasteiger partial charge is 0.493 e. The van der Waals surface area contributed by atoms with Gasteiger partial charge in [-0.3, -0.25) is 4.79 Å². The van der Waals surface area contributed by atoms with Crippen molar-refractivity contribution in [2.24, 2.45) is 0 Å². The maximum atomic E-state index is 12.1. The van der Waals surface area contributed by atoms with Gasteiger partial charge in [0.25, 0.3) is 5.91 Å². The van der Waals surface area contributed by atoms with Gasteiger partial charge in [0.2, 0.25) is 0 Å². The van der Waals surface area contributed by atoms with Gasteiger partial charge in [0.15, 0.2) is 17.2 Å². The summed E-state index contributed by atoms with van der Waals surface area (Å²) in [6.45, 7) is 2.13. The van der Waals surface area contributed by atoms with Crippen LogP contribution in [0.4, 0.5) is 0 Å². The Bertz CT molecular complexity index is 668. The van der Waals surface area contributed by atoms with Crippen LogP contribution in [0.2, 0.25) is 0 Å². The number of nitrogens with one attached hydrogen (secondary N) is 2. The van der Waals surface area contributed by atoms with Crippen LogP contribution in [0.5, 0.6) is 11.5 Å². The van der Waals surface area contributed by atoms with Gasteiger partial charge in [0.05, 0.1) is 18.8 Å². The number of methoxy groups -OCH3 is 1. The zero-order chi connectivity index (χ0) is 14.8. The maximum absolute atomic E-state index is 12.1. The standard InChI is InChI=1S/C14H16N4O3/c1-8-12(17-18-16-8)14(19)15-10-6-9-4-3-5-11(20-2)13(9)21-7-10/h3-5,10H,6-7H2,1-2H3,(H,15,19)(H,16,17,18)/t10-/m0/s1. The van der Waals surface area contributed by atoms with E-state index in [0.717, 1.165) is 11.3 Å². The van der Waals surface area contributed by atoms with Crippen LogP contribution >= 0.6 is 0 Å². The molecule has 0 saturated heterocycles. The van der Waals surface area contributed by atoms with Crippen LogP contribution in [0, 0.1) is 6.92 Å². The third-order valence-electron chi connectivity index (χ3n) is 3.45. The average molecular weight is 288 g/mol. The molecule has 0 aliphatic carbocycles. The topological polar surface area (TPSA) is 89.1 Å². The molecule has 0 fully saturated rings. The molecule has 1 atom stereocenters. The number of para-hydroxylation sites is 1. The quantitative estimate of drug-likeness (QED) is 0.874. The highest BCUT2D eigenvalue weighted by Gasteiger charge is 2.25. The molecule has 21 heavy (non-hydrogen) atoms. The van der Waals surface area contributed by atoms with Crippen LogP contribution in [0.1, 0.15) is 21.7 Å². The molecular formula is C14H16N4O3. The molecule has 110 valence electrons. The summed E-state index contributed by atoms with van der Waals surface area (Å²) in [6, 6.07) is 5.63. The van der Waals surface area contributed by atoms with Gasteiger partial charge in [-0.1, -0.05) is 12.1 Å². The first-order chi connectivity index (χ1) is 10.2. The number of rotatable bonds is 3. The number of aryl methyl sites for hydroxylation is 1. The Balaban J connectivity index is 1.72. The third-order valence-corrected chi connectivity index (χ3v) is 3.45. The lowest BCUT2D eigenvalue weighted by molar-refractivity contribution is 0.0908. The van der Waals surface area contributed by atoms with Crippen LogP contribution in [0.25, 0.3) is 0 Å². The fraction of sp³-hybridized carbons (Fsp3) is 0.357. The van der Waals surface area contributed by atoms with Crippen LogP contribution in [-0.2, 0) is 6.42 Å². The van der Waals surface area contributed by atoms with Crippen molar-refractivity contribution in [3.05, 3.63) is 35.2 Å². The molecular weight excluding hydrogens is 272 g/mol. The summed E-state index contributed by atoms with van der Waals surface area (Å²) in [5.74, 6) is 1.22. The molecule has 1 amide bonds. The monoisotopic (exact) mass is 288 g/mol. The Morgan fingerprint density at radius 1 is 1.48 bits per heavy atom. The van der Waals surface area contributed by atoms with E-state index < -0.39 is 0 Å². The lowest BCUT2D eigenvalue weighted by Gasteiger charge is -2.26. The highest BCUT2D eigenvalue weighted by Crippen LogP contribution is 2.34. The molecule has 7 nitrogen and oxygen atoms in total. The molecule has 1 aliphatic heterocycles. The van der Waals surface area contributed by atoms with Crippen molar-refractivity contribution in [1.82, 2.24) is 20.7 Å². The van der Waals surface area contributed by atoms with E-state index in [0.29, 0.717) is 30.2 Å². The van der Waals surface area contributed by atoms with E-state index in [4.69, 9.17) is 9.47 Å². The van der Waals surface area contributed by atoms with Gasteiger partial charge in [0.1, 0.15) is 6.61 Å². The van der Waals surface area contributed by atoms with Crippen molar-refractivity contribution < 1.29 is 14.3 Å². The molecule has 2 aromatic rings. The summed E-state index contributed by atoms with van der Waals surface area (Å²) in [7, 11) is 1.61. The highest BCUT2D eigenvalue weighted by atomic mass is 16.5. The number of H-pyrrole nitrogens is 1. The number of ether oxygens (including phenoxy) is 2. The van der Waals surface area contributed by atoms with Gasteiger partial charge in [-0.05, 0) is 19.4 Å². The van der Waals surface area contributed by atoms with Crippen molar-refractivity contribution in [2.45, 2.75) is 19.4 Å². The van der Waals surface area contributed by atoms with Crippen LogP contribution in [-0.4, -0.2) is 41.1 Å². The van der Waals surface area contributed by atoms with E-state index in [1.54, 1.807) is 14.0 Å². The van der Waals surface area contributed by atoms with E-state index in [1.165, 1.54) is 0 Å². The van der Waals surface area contributed by atoms with E-state index in [9.17, 15) is 4.79 Å². The number of hydrogen-bond donors (Lipinski definition) is 2. The lowest BCUT2D eigenvalue weighted by atomic mass is 10.0. The number of aromatic nitrogens is 3. The molecule has 0 spiro atoms. The summed E-state index contributed by atoms with van der Waals surface area (Å²) in [5, 5.41) is 13.0. The fourth-order valence-corrected chi connectivity index (χ4v) is 2.40. The van der Waals surface area contributed by atoms with E-state index >= 15 is 0 Å². The van der Waals surface area contributed by atoms with Crippen LogP contribution in [0.15, 0.2) is 18.2 Å². The van der Waals surface area contributed by atoms with E-state index in [2.05, 4.69) is 20.7 Å². The van der Waals surface area contributed by atoms with Gasteiger partial charge >= 0.3 is 0 Å².